The van der Waals surface area contributed by atoms with Crippen LogP contribution in [0.25, 0.3) is 0 Å². The minimum atomic E-state index is -3.37. The van der Waals surface area contributed by atoms with Gasteiger partial charge in [0.15, 0.2) is 0 Å². The fourth-order valence-corrected chi connectivity index (χ4v) is 3.61. The van der Waals surface area contributed by atoms with Crippen LogP contribution in [-0.4, -0.2) is 43.9 Å². The maximum atomic E-state index is 12.3. The first kappa shape index (κ1) is 16.4. The van der Waals surface area contributed by atoms with Crippen molar-refractivity contribution in [2.75, 3.05) is 18.8 Å². The van der Waals surface area contributed by atoms with Gasteiger partial charge in [-0.1, -0.05) is 24.3 Å². The van der Waals surface area contributed by atoms with Crippen LogP contribution in [0.5, 0.6) is 0 Å². The summed E-state index contributed by atoms with van der Waals surface area (Å²) in [7, 11) is -3.37. The third-order valence-corrected chi connectivity index (χ3v) is 5.19. The molecule has 0 spiro atoms. The maximum absolute atomic E-state index is 12.3. The van der Waals surface area contributed by atoms with Gasteiger partial charge in [-0.05, 0) is 36.6 Å². The Hall–Kier alpha value is -2.41. The van der Waals surface area contributed by atoms with Crippen LogP contribution in [0.2, 0.25) is 0 Å². The number of carbonyl (C=O) groups is 1. The zero-order chi connectivity index (χ0) is 17.2. The third-order valence-electron chi connectivity index (χ3n) is 4.03. The van der Waals surface area contributed by atoms with Gasteiger partial charge in [-0.3, -0.25) is 4.79 Å². The number of amidine groups is 1. The molecule has 1 aromatic carbocycles. The lowest BCUT2D eigenvalue weighted by Crippen LogP contribution is -2.38. The highest BCUT2D eigenvalue weighted by atomic mass is 32.2. The quantitative estimate of drug-likeness (QED) is 0.888. The van der Waals surface area contributed by atoms with Crippen LogP contribution < -0.4 is 5.32 Å². The Morgan fingerprint density at radius 2 is 2.08 bits per heavy atom. The Morgan fingerprint density at radius 1 is 1.29 bits per heavy atom. The maximum Gasteiger partial charge on any atom is 0.256 e. The van der Waals surface area contributed by atoms with E-state index >= 15 is 0 Å². The number of rotatable bonds is 4. The molecule has 0 aliphatic carbocycles. The summed E-state index contributed by atoms with van der Waals surface area (Å²) in [5.74, 6) is 0.147. The topological polar surface area (TPSA) is 78.8 Å². The van der Waals surface area contributed by atoms with Crippen LogP contribution in [0.15, 0.2) is 52.6 Å². The lowest BCUT2D eigenvalue weighted by molar-refractivity contribution is -0.117. The first-order chi connectivity index (χ1) is 11.4. The molecule has 0 fully saturated rings. The van der Waals surface area contributed by atoms with E-state index in [1.54, 1.807) is 23.3 Å². The SMILES string of the molecule is Cc1ccccc1CCNC(=O)C1=CN2CCS(=O)(=O)N=C2C=C1. The van der Waals surface area contributed by atoms with Crippen molar-refractivity contribution in [1.82, 2.24) is 10.2 Å². The van der Waals surface area contributed by atoms with E-state index in [1.165, 1.54) is 11.1 Å². The molecular weight excluding hydrogens is 326 g/mol. The molecule has 1 N–H and O–H groups in total. The smallest absolute Gasteiger partial charge is 0.256 e. The van der Waals surface area contributed by atoms with Crippen molar-refractivity contribution >= 4 is 21.8 Å². The number of hydrogen-bond acceptors (Lipinski definition) is 4. The van der Waals surface area contributed by atoms with Crippen molar-refractivity contribution in [3.63, 3.8) is 0 Å². The second kappa shape index (κ2) is 6.60. The van der Waals surface area contributed by atoms with Crippen LogP contribution in [-0.2, 0) is 21.2 Å². The van der Waals surface area contributed by atoms with Gasteiger partial charge in [-0.25, -0.2) is 8.42 Å². The van der Waals surface area contributed by atoms with E-state index in [9.17, 15) is 13.2 Å². The minimum absolute atomic E-state index is 0.0387. The van der Waals surface area contributed by atoms with Crippen molar-refractivity contribution < 1.29 is 13.2 Å². The fourth-order valence-electron chi connectivity index (χ4n) is 2.64. The van der Waals surface area contributed by atoms with Gasteiger partial charge in [0.25, 0.3) is 15.9 Å². The first-order valence-corrected chi connectivity index (χ1v) is 9.37. The second-order valence-corrected chi connectivity index (χ2v) is 7.53. The molecule has 0 bridgehead atoms. The number of nitrogens with zero attached hydrogens (tertiary/aromatic N) is 2. The van der Waals surface area contributed by atoms with Crippen molar-refractivity contribution in [1.29, 1.82) is 0 Å². The minimum Gasteiger partial charge on any atom is -0.352 e. The van der Waals surface area contributed by atoms with Crippen LogP contribution >= 0.6 is 0 Å². The molecule has 3 rings (SSSR count). The molecule has 2 heterocycles. The Balaban J connectivity index is 1.60. The summed E-state index contributed by atoms with van der Waals surface area (Å²) in [5, 5.41) is 2.90. The van der Waals surface area contributed by atoms with Crippen molar-refractivity contribution in [3.05, 3.63) is 59.3 Å². The van der Waals surface area contributed by atoms with Crippen LogP contribution in [0.3, 0.4) is 0 Å². The van der Waals surface area contributed by atoms with Gasteiger partial charge in [-0.15, -0.1) is 4.40 Å². The van der Waals surface area contributed by atoms with Crippen molar-refractivity contribution in [3.8, 4) is 0 Å². The number of aryl methyl sites for hydroxylation is 1. The molecule has 2 aliphatic rings. The monoisotopic (exact) mass is 345 g/mol. The van der Waals surface area contributed by atoms with E-state index in [0.717, 1.165) is 6.42 Å². The number of fused-ring (bicyclic) bond motifs is 1. The van der Waals surface area contributed by atoms with E-state index in [-0.39, 0.29) is 11.7 Å². The van der Waals surface area contributed by atoms with E-state index in [2.05, 4.69) is 28.8 Å². The predicted molar refractivity (Wildman–Crippen MR) is 93.0 cm³/mol. The van der Waals surface area contributed by atoms with Gasteiger partial charge < -0.3 is 10.2 Å². The Bertz CT molecular complexity index is 854. The largest absolute Gasteiger partial charge is 0.352 e. The molecule has 1 amide bonds. The van der Waals surface area contributed by atoms with Gasteiger partial charge in [0, 0.05) is 19.3 Å². The predicted octanol–water partition coefficient (Wildman–Crippen LogP) is 1.15. The summed E-state index contributed by atoms with van der Waals surface area (Å²) < 4.78 is 26.6. The van der Waals surface area contributed by atoms with Crippen LogP contribution in [0, 0.1) is 6.92 Å². The van der Waals surface area contributed by atoms with Crippen molar-refractivity contribution in [2.24, 2.45) is 4.40 Å². The standard InChI is InChI=1S/C17H19N3O3S/c1-13-4-2-3-5-14(13)8-9-18-17(21)15-6-7-16-19-24(22,23)11-10-20(16)12-15/h2-7,12H,8-11H2,1H3,(H,18,21). The Kier molecular flexibility index (Phi) is 4.53. The molecule has 2 aliphatic heterocycles. The lowest BCUT2D eigenvalue weighted by Gasteiger charge is -2.26. The molecule has 6 nitrogen and oxygen atoms in total. The first-order valence-electron chi connectivity index (χ1n) is 7.76. The summed E-state index contributed by atoms with van der Waals surface area (Å²) in [6, 6.07) is 8.09. The molecule has 0 unspecified atom stereocenters. The molecule has 0 aromatic heterocycles. The number of carbonyl (C=O) groups excluding carboxylic acids is 1. The lowest BCUT2D eigenvalue weighted by atomic mass is 10.1. The zero-order valence-electron chi connectivity index (χ0n) is 13.4. The summed E-state index contributed by atoms with van der Waals surface area (Å²) in [5.41, 5.74) is 2.92. The summed E-state index contributed by atoms with van der Waals surface area (Å²) in [6.45, 7) is 2.91. The fraction of sp³-hybridized carbons (Fsp3) is 0.294. The molecule has 24 heavy (non-hydrogen) atoms. The number of nitrogens with one attached hydrogen (secondary N) is 1. The van der Waals surface area contributed by atoms with E-state index in [0.29, 0.717) is 24.5 Å². The molecular formula is C17H19N3O3S. The summed E-state index contributed by atoms with van der Waals surface area (Å²) in [6.07, 6.45) is 5.58. The molecule has 0 saturated heterocycles. The molecule has 7 heteroatoms. The summed E-state index contributed by atoms with van der Waals surface area (Å²) in [4.78, 5) is 14.0. The van der Waals surface area contributed by atoms with E-state index < -0.39 is 10.0 Å². The zero-order valence-corrected chi connectivity index (χ0v) is 14.2. The molecule has 0 radical (unpaired) electrons. The molecule has 0 atom stereocenters. The summed E-state index contributed by atoms with van der Waals surface area (Å²) >= 11 is 0. The van der Waals surface area contributed by atoms with Crippen molar-refractivity contribution in [2.45, 2.75) is 13.3 Å². The van der Waals surface area contributed by atoms with Gasteiger partial charge in [0.1, 0.15) is 5.84 Å². The third kappa shape index (κ3) is 3.73. The Morgan fingerprint density at radius 3 is 2.88 bits per heavy atom. The highest BCUT2D eigenvalue weighted by Gasteiger charge is 2.24. The second-order valence-electron chi connectivity index (χ2n) is 5.78. The average Bonchev–Trinajstić information content (AvgIpc) is 2.55. The highest BCUT2D eigenvalue weighted by molar-refractivity contribution is 7.90. The Labute approximate surface area is 141 Å². The van der Waals surface area contributed by atoms with Gasteiger partial charge in [-0.2, -0.15) is 0 Å². The number of amides is 1. The van der Waals surface area contributed by atoms with E-state index in [1.807, 2.05) is 12.1 Å². The van der Waals surface area contributed by atoms with Gasteiger partial charge in [0.2, 0.25) is 0 Å². The molecule has 0 saturated carbocycles. The number of hydrogen-bond donors (Lipinski definition) is 1. The van der Waals surface area contributed by atoms with Gasteiger partial charge >= 0.3 is 0 Å². The number of sulfonamides is 1. The van der Waals surface area contributed by atoms with Crippen LogP contribution in [0.1, 0.15) is 11.1 Å². The van der Waals surface area contributed by atoms with Crippen LogP contribution in [0.4, 0.5) is 0 Å². The average molecular weight is 345 g/mol. The normalized spacial score (nSPS) is 18.5. The molecule has 126 valence electrons. The highest BCUT2D eigenvalue weighted by Crippen LogP contribution is 2.15. The molecule has 1 aromatic rings. The van der Waals surface area contributed by atoms with Gasteiger partial charge in [0.05, 0.1) is 11.3 Å². The van der Waals surface area contributed by atoms with E-state index in [4.69, 9.17) is 0 Å². The number of benzene rings is 1.